The van der Waals surface area contributed by atoms with E-state index in [1.807, 2.05) is 53.4 Å². The van der Waals surface area contributed by atoms with Crippen LogP contribution in [0.3, 0.4) is 0 Å². The molecule has 0 bridgehead atoms. The molecule has 32 heavy (non-hydrogen) atoms. The van der Waals surface area contributed by atoms with Gasteiger partial charge >= 0.3 is 0 Å². The van der Waals surface area contributed by atoms with Gasteiger partial charge in [0, 0.05) is 32.6 Å². The molecule has 2 aromatic carbocycles. The van der Waals surface area contributed by atoms with Crippen molar-refractivity contribution in [3.05, 3.63) is 59.7 Å². The van der Waals surface area contributed by atoms with E-state index < -0.39 is 6.10 Å². The highest BCUT2D eigenvalue weighted by Crippen LogP contribution is 2.16. The van der Waals surface area contributed by atoms with Crippen molar-refractivity contribution in [2.45, 2.75) is 32.5 Å². The molecule has 0 N–H and O–H groups in total. The average Bonchev–Trinajstić information content (AvgIpc) is 2.85. The van der Waals surface area contributed by atoms with Crippen LogP contribution in [-0.4, -0.2) is 68.1 Å². The lowest BCUT2D eigenvalue weighted by atomic mass is 10.1. The van der Waals surface area contributed by atoms with Crippen molar-refractivity contribution in [1.82, 2.24) is 9.80 Å². The molecule has 2 aromatic rings. The third-order valence-electron chi connectivity index (χ3n) is 5.71. The Morgan fingerprint density at radius 1 is 0.875 bits per heavy atom. The molecule has 0 aromatic heterocycles. The summed E-state index contributed by atoms with van der Waals surface area (Å²) in [6.07, 6.45) is 0.607. The number of carbonyl (C=O) groups excluding carboxylic acids is 2. The van der Waals surface area contributed by atoms with Gasteiger partial charge in [-0.15, -0.1) is 0 Å². The first kappa shape index (κ1) is 23.6. The highest BCUT2D eigenvalue weighted by Gasteiger charge is 2.27. The Bertz CT molecular complexity index is 891. The maximum absolute atomic E-state index is 12.7. The lowest BCUT2D eigenvalue weighted by Gasteiger charge is -2.36. The summed E-state index contributed by atoms with van der Waals surface area (Å²) in [7, 11) is 3.26. The largest absolute Gasteiger partial charge is 0.497 e. The second kappa shape index (κ2) is 11.5. The van der Waals surface area contributed by atoms with Crippen molar-refractivity contribution in [1.29, 1.82) is 0 Å². The molecule has 7 heteroatoms. The first-order valence-corrected chi connectivity index (χ1v) is 10.9. The lowest BCUT2D eigenvalue weighted by molar-refractivity contribution is -0.148. The van der Waals surface area contributed by atoms with Crippen LogP contribution in [0.1, 0.15) is 24.5 Å². The first-order valence-electron chi connectivity index (χ1n) is 10.9. The zero-order chi connectivity index (χ0) is 22.9. The van der Waals surface area contributed by atoms with Gasteiger partial charge in [0.15, 0.2) is 0 Å². The van der Waals surface area contributed by atoms with Gasteiger partial charge in [-0.3, -0.25) is 9.59 Å². The number of amides is 2. The van der Waals surface area contributed by atoms with Gasteiger partial charge in [-0.2, -0.15) is 0 Å². The Morgan fingerprint density at radius 3 is 2.19 bits per heavy atom. The Labute approximate surface area is 189 Å². The van der Waals surface area contributed by atoms with Gasteiger partial charge in [0.25, 0.3) is 5.91 Å². The number of hydrogen-bond acceptors (Lipinski definition) is 5. The topological polar surface area (TPSA) is 68.3 Å². The zero-order valence-corrected chi connectivity index (χ0v) is 19.1. The summed E-state index contributed by atoms with van der Waals surface area (Å²) < 4.78 is 16.2. The fourth-order valence-electron chi connectivity index (χ4n) is 3.69. The third kappa shape index (κ3) is 6.47. The van der Waals surface area contributed by atoms with Crippen molar-refractivity contribution in [3.63, 3.8) is 0 Å². The number of carbonyl (C=O) groups is 2. The molecule has 1 aliphatic rings. The molecule has 7 nitrogen and oxygen atoms in total. The minimum absolute atomic E-state index is 0.0433. The Morgan fingerprint density at radius 2 is 1.53 bits per heavy atom. The maximum atomic E-state index is 12.7. The van der Waals surface area contributed by atoms with Gasteiger partial charge in [-0.1, -0.05) is 24.3 Å². The van der Waals surface area contributed by atoms with E-state index in [9.17, 15) is 9.59 Å². The summed E-state index contributed by atoms with van der Waals surface area (Å²) in [6.45, 7) is 4.27. The summed E-state index contributed by atoms with van der Waals surface area (Å²) >= 11 is 0. The van der Waals surface area contributed by atoms with Crippen LogP contribution in [0, 0.1) is 0 Å². The molecule has 1 atom stereocenters. The maximum Gasteiger partial charge on any atom is 0.251 e. The van der Waals surface area contributed by atoms with E-state index in [2.05, 4.69) is 0 Å². The van der Waals surface area contributed by atoms with Gasteiger partial charge in [0.1, 0.15) is 17.6 Å². The number of rotatable bonds is 9. The number of methoxy groups -OCH3 is 2. The van der Waals surface area contributed by atoms with Crippen LogP contribution in [0.2, 0.25) is 0 Å². The predicted octanol–water partition coefficient (Wildman–Crippen LogP) is 2.91. The van der Waals surface area contributed by atoms with Crippen LogP contribution >= 0.6 is 0 Å². The third-order valence-corrected chi connectivity index (χ3v) is 5.71. The van der Waals surface area contributed by atoms with Gasteiger partial charge in [-0.05, 0) is 48.7 Å². The number of ether oxygens (including phenoxy) is 3. The molecule has 0 spiro atoms. The van der Waals surface area contributed by atoms with Crippen LogP contribution in [0.5, 0.6) is 11.5 Å². The summed E-state index contributed by atoms with van der Waals surface area (Å²) in [5.41, 5.74) is 2.06. The fourth-order valence-corrected chi connectivity index (χ4v) is 3.69. The van der Waals surface area contributed by atoms with E-state index in [0.29, 0.717) is 45.6 Å². The smallest absolute Gasteiger partial charge is 0.251 e. The minimum atomic E-state index is -0.543. The van der Waals surface area contributed by atoms with Crippen LogP contribution < -0.4 is 9.47 Å². The normalized spacial score (nSPS) is 14.7. The SMILES string of the molecule is COc1ccc(CCC(=O)N2CCN(C(=O)C(C)OCc3cccc(OC)c3)CC2)cc1. The van der Waals surface area contributed by atoms with Gasteiger partial charge < -0.3 is 24.0 Å². The van der Waals surface area contributed by atoms with E-state index in [1.165, 1.54) is 0 Å². The number of hydrogen-bond donors (Lipinski definition) is 0. The van der Waals surface area contributed by atoms with Crippen molar-refractivity contribution >= 4 is 11.8 Å². The van der Waals surface area contributed by atoms with Gasteiger partial charge in [-0.25, -0.2) is 0 Å². The predicted molar refractivity (Wildman–Crippen MR) is 122 cm³/mol. The molecule has 3 rings (SSSR count). The van der Waals surface area contributed by atoms with E-state index in [1.54, 1.807) is 26.0 Å². The molecule has 0 saturated carbocycles. The van der Waals surface area contributed by atoms with Crippen molar-refractivity contribution in [2.75, 3.05) is 40.4 Å². The van der Waals surface area contributed by atoms with Gasteiger partial charge in [0.05, 0.1) is 20.8 Å². The number of nitrogens with zero attached hydrogens (tertiary/aromatic N) is 2. The second-order valence-electron chi connectivity index (χ2n) is 7.86. The molecule has 1 fully saturated rings. The second-order valence-corrected chi connectivity index (χ2v) is 7.86. The molecule has 0 radical (unpaired) electrons. The Hall–Kier alpha value is -3.06. The first-order chi connectivity index (χ1) is 15.5. The van der Waals surface area contributed by atoms with Crippen LogP contribution in [0.25, 0.3) is 0 Å². The summed E-state index contributed by atoms with van der Waals surface area (Å²) in [5, 5.41) is 0. The lowest BCUT2D eigenvalue weighted by Crippen LogP contribution is -2.52. The van der Waals surface area contributed by atoms with Crippen LogP contribution in [0.15, 0.2) is 48.5 Å². The van der Waals surface area contributed by atoms with E-state index >= 15 is 0 Å². The van der Waals surface area contributed by atoms with E-state index in [4.69, 9.17) is 14.2 Å². The van der Waals surface area contributed by atoms with Crippen molar-refractivity contribution in [3.8, 4) is 11.5 Å². The summed E-state index contributed by atoms with van der Waals surface area (Å²) in [6, 6.07) is 15.4. The van der Waals surface area contributed by atoms with Crippen LogP contribution in [0.4, 0.5) is 0 Å². The Balaban J connectivity index is 1.40. The number of benzene rings is 2. The zero-order valence-electron chi connectivity index (χ0n) is 19.1. The molecule has 2 amide bonds. The van der Waals surface area contributed by atoms with Crippen molar-refractivity contribution < 1.29 is 23.8 Å². The molecule has 1 saturated heterocycles. The Kier molecular flexibility index (Phi) is 8.50. The molecular weight excluding hydrogens is 408 g/mol. The summed E-state index contributed by atoms with van der Waals surface area (Å²) in [5.74, 6) is 1.65. The summed E-state index contributed by atoms with van der Waals surface area (Å²) in [4.78, 5) is 28.9. The molecule has 1 heterocycles. The molecule has 172 valence electrons. The van der Waals surface area contributed by atoms with Crippen LogP contribution in [-0.2, 0) is 27.4 Å². The minimum Gasteiger partial charge on any atom is -0.497 e. The average molecular weight is 441 g/mol. The van der Waals surface area contributed by atoms with Crippen molar-refractivity contribution in [2.24, 2.45) is 0 Å². The van der Waals surface area contributed by atoms with E-state index in [0.717, 1.165) is 22.6 Å². The highest BCUT2D eigenvalue weighted by molar-refractivity contribution is 5.81. The monoisotopic (exact) mass is 440 g/mol. The number of aryl methyl sites for hydroxylation is 1. The fraction of sp³-hybridized carbons (Fsp3) is 0.440. The molecule has 0 aliphatic carbocycles. The standard InChI is InChI=1S/C25H32N2O5/c1-19(32-18-21-5-4-6-23(17-21)31-3)25(29)27-15-13-26(14-16-27)24(28)12-9-20-7-10-22(30-2)11-8-20/h4-8,10-11,17,19H,9,12-16,18H2,1-3H3. The quantitative estimate of drug-likeness (QED) is 0.600. The molecular formula is C25H32N2O5. The van der Waals surface area contributed by atoms with E-state index in [-0.39, 0.29) is 11.8 Å². The van der Waals surface area contributed by atoms with Gasteiger partial charge in [0.2, 0.25) is 5.91 Å². The molecule has 1 aliphatic heterocycles. The molecule has 1 unspecified atom stereocenters. The highest BCUT2D eigenvalue weighted by atomic mass is 16.5. The number of piperazine rings is 1.